The molecule has 0 spiro atoms. The third kappa shape index (κ3) is 2.97. The molecule has 1 aromatic heterocycles. The quantitative estimate of drug-likeness (QED) is 0.889. The summed E-state index contributed by atoms with van der Waals surface area (Å²) in [6.45, 7) is 1.78. The van der Waals surface area contributed by atoms with E-state index in [9.17, 15) is 13.2 Å². The average Bonchev–Trinajstić information content (AvgIpc) is 2.28. The van der Waals surface area contributed by atoms with Crippen molar-refractivity contribution in [2.24, 2.45) is 0 Å². The molecule has 0 aliphatic rings. The Morgan fingerprint density at radius 3 is 2.56 bits per heavy atom. The zero-order valence-corrected chi connectivity index (χ0v) is 9.49. The van der Waals surface area contributed by atoms with Gasteiger partial charge in [-0.25, -0.2) is 9.97 Å². The molecule has 0 radical (unpaired) electrons. The van der Waals surface area contributed by atoms with E-state index in [2.05, 4.69) is 15.3 Å². The van der Waals surface area contributed by atoms with Crippen molar-refractivity contribution in [3.8, 4) is 0 Å². The lowest BCUT2D eigenvalue weighted by atomic mass is 10.2. The zero-order chi connectivity index (χ0) is 13.2. The topological polar surface area (TPSA) is 37.8 Å². The summed E-state index contributed by atoms with van der Waals surface area (Å²) in [7, 11) is 0. The highest BCUT2D eigenvalue weighted by Gasteiger charge is 2.30. The minimum absolute atomic E-state index is 0.336. The van der Waals surface area contributed by atoms with Crippen LogP contribution in [-0.2, 0) is 6.18 Å². The van der Waals surface area contributed by atoms with E-state index in [1.54, 1.807) is 19.1 Å². The molecular weight excluding hydrogens is 243 g/mol. The van der Waals surface area contributed by atoms with Crippen molar-refractivity contribution in [3.05, 3.63) is 47.9 Å². The smallest absolute Gasteiger partial charge is 0.340 e. The van der Waals surface area contributed by atoms with Gasteiger partial charge in [0.25, 0.3) is 0 Å². The molecule has 94 valence electrons. The molecule has 0 bridgehead atoms. The van der Waals surface area contributed by atoms with Crippen LogP contribution in [0.25, 0.3) is 0 Å². The summed E-state index contributed by atoms with van der Waals surface area (Å²) in [5.41, 5.74) is 0.376. The summed E-state index contributed by atoms with van der Waals surface area (Å²) in [5.74, 6) is 0.460. The van der Waals surface area contributed by atoms with Crippen LogP contribution in [0.2, 0.25) is 0 Å². The second-order valence-electron chi connectivity index (χ2n) is 3.75. The molecule has 1 heterocycles. The minimum Gasteiger partial charge on any atom is -0.340 e. The second kappa shape index (κ2) is 4.64. The Kier molecular flexibility index (Phi) is 3.18. The van der Waals surface area contributed by atoms with E-state index >= 15 is 0 Å². The Morgan fingerprint density at radius 2 is 1.89 bits per heavy atom. The van der Waals surface area contributed by atoms with Crippen LogP contribution in [0, 0.1) is 6.92 Å². The number of nitrogens with one attached hydrogen (secondary N) is 1. The van der Waals surface area contributed by atoms with Crippen molar-refractivity contribution in [2.75, 3.05) is 5.32 Å². The molecule has 0 fully saturated rings. The van der Waals surface area contributed by atoms with Crippen LogP contribution >= 0.6 is 0 Å². The van der Waals surface area contributed by atoms with Crippen molar-refractivity contribution in [1.82, 2.24) is 9.97 Å². The summed E-state index contributed by atoms with van der Waals surface area (Å²) >= 11 is 0. The summed E-state index contributed by atoms with van der Waals surface area (Å²) in [4.78, 5) is 7.83. The normalized spacial score (nSPS) is 11.3. The Labute approximate surface area is 102 Å². The van der Waals surface area contributed by atoms with Crippen molar-refractivity contribution in [3.63, 3.8) is 0 Å². The fourth-order valence-electron chi connectivity index (χ4n) is 1.44. The number of hydrogen-bond acceptors (Lipinski definition) is 3. The fraction of sp³-hybridized carbons (Fsp3) is 0.167. The van der Waals surface area contributed by atoms with Crippen molar-refractivity contribution < 1.29 is 13.2 Å². The number of anilines is 2. The lowest BCUT2D eigenvalue weighted by Crippen LogP contribution is -2.05. The highest BCUT2D eigenvalue weighted by atomic mass is 19.4. The molecule has 2 rings (SSSR count). The van der Waals surface area contributed by atoms with Gasteiger partial charge in [0.2, 0.25) is 0 Å². The molecule has 0 saturated carbocycles. The maximum atomic E-state index is 12.5. The number of halogens is 3. The Bertz CT molecular complexity index is 552. The van der Waals surface area contributed by atoms with Crippen LogP contribution in [0.1, 0.15) is 11.3 Å². The number of aryl methyl sites for hydroxylation is 1. The first kappa shape index (κ1) is 12.3. The third-order valence-electron chi connectivity index (χ3n) is 2.27. The fourth-order valence-corrected chi connectivity index (χ4v) is 1.44. The summed E-state index contributed by atoms with van der Waals surface area (Å²) in [6, 6.07) is 6.61. The molecule has 3 nitrogen and oxygen atoms in total. The van der Waals surface area contributed by atoms with E-state index in [0.29, 0.717) is 11.5 Å². The van der Waals surface area contributed by atoms with E-state index < -0.39 is 11.7 Å². The van der Waals surface area contributed by atoms with Gasteiger partial charge in [0.15, 0.2) is 0 Å². The molecule has 2 aromatic rings. The molecule has 0 amide bonds. The summed E-state index contributed by atoms with van der Waals surface area (Å²) in [6.07, 6.45) is -3.00. The van der Waals surface area contributed by atoms with Gasteiger partial charge < -0.3 is 5.32 Å². The molecule has 0 aliphatic carbocycles. The number of hydrogen-bond donors (Lipinski definition) is 1. The van der Waals surface area contributed by atoms with Crippen molar-refractivity contribution >= 4 is 11.5 Å². The Morgan fingerprint density at radius 1 is 1.11 bits per heavy atom. The Balaban J connectivity index is 2.25. The van der Waals surface area contributed by atoms with E-state index in [1.165, 1.54) is 12.4 Å². The molecule has 0 unspecified atom stereocenters. The van der Waals surface area contributed by atoms with Crippen LogP contribution in [0.3, 0.4) is 0 Å². The van der Waals surface area contributed by atoms with Gasteiger partial charge in [-0.2, -0.15) is 13.2 Å². The monoisotopic (exact) mass is 253 g/mol. The van der Waals surface area contributed by atoms with Crippen molar-refractivity contribution in [1.29, 1.82) is 0 Å². The molecular formula is C12H10F3N3. The largest absolute Gasteiger partial charge is 0.416 e. The molecule has 1 aromatic carbocycles. The van der Waals surface area contributed by atoms with Gasteiger partial charge in [0.05, 0.1) is 5.56 Å². The van der Waals surface area contributed by atoms with Crippen LogP contribution in [0.4, 0.5) is 24.7 Å². The first-order valence-corrected chi connectivity index (χ1v) is 5.18. The third-order valence-corrected chi connectivity index (χ3v) is 2.27. The van der Waals surface area contributed by atoms with Gasteiger partial charge in [-0.1, -0.05) is 6.07 Å². The standard InChI is InChI=1S/C12H10F3N3/c1-8-5-11(17-7-16-8)18-10-4-2-3-9(6-10)12(13,14)15/h2-7H,1H3,(H,16,17,18). The van der Waals surface area contributed by atoms with E-state index in [0.717, 1.165) is 17.8 Å². The van der Waals surface area contributed by atoms with Gasteiger partial charge in [-0.05, 0) is 25.1 Å². The maximum absolute atomic E-state index is 12.5. The first-order chi connectivity index (χ1) is 8.45. The molecule has 6 heteroatoms. The second-order valence-corrected chi connectivity index (χ2v) is 3.75. The lowest BCUT2D eigenvalue weighted by molar-refractivity contribution is -0.137. The lowest BCUT2D eigenvalue weighted by Gasteiger charge is -2.10. The Hall–Kier alpha value is -2.11. The number of alkyl halides is 3. The van der Waals surface area contributed by atoms with Crippen LogP contribution in [0.5, 0.6) is 0 Å². The molecule has 0 aliphatic heterocycles. The highest BCUT2D eigenvalue weighted by molar-refractivity contribution is 5.57. The number of benzene rings is 1. The van der Waals surface area contributed by atoms with Crippen LogP contribution in [-0.4, -0.2) is 9.97 Å². The van der Waals surface area contributed by atoms with Gasteiger partial charge in [0.1, 0.15) is 12.1 Å². The predicted octanol–water partition coefficient (Wildman–Crippen LogP) is 3.55. The van der Waals surface area contributed by atoms with E-state index in [-0.39, 0.29) is 0 Å². The number of nitrogens with zero attached hydrogens (tertiary/aromatic N) is 2. The SMILES string of the molecule is Cc1cc(Nc2cccc(C(F)(F)F)c2)ncn1. The van der Waals surface area contributed by atoms with Gasteiger partial charge >= 0.3 is 6.18 Å². The molecule has 0 atom stereocenters. The number of aromatic nitrogens is 2. The molecule has 0 saturated heterocycles. The summed E-state index contributed by atoms with van der Waals surface area (Å²) in [5, 5.41) is 2.81. The van der Waals surface area contributed by atoms with Gasteiger partial charge in [-0.15, -0.1) is 0 Å². The van der Waals surface area contributed by atoms with Crippen LogP contribution in [0.15, 0.2) is 36.7 Å². The van der Waals surface area contributed by atoms with Crippen LogP contribution < -0.4 is 5.32 Å². The minimum atomic E-state index is -4.35. The maximum Gasteiger partial charge on any atom is 0.416 e. The average molecular weight is 253 g/mol. The van der Waals surface area contributed by atoms with Gasteiger partial charge in [0, 0.05) is 17.4 Å². The van der Waals surface area contributed by atoms with E-state index in [1.807, 2.05) is 0 Å². The predicted molar refractivity (Wildman–Crippen MR) is 61.5 cm³/mol. The van der Waals surface area contributed by atoms with Crippen molar-refractivity contribution in [2.45, 2.75) is 13.1 Å². The van der Waals surface area contributed by atoms with E-state index in [4.69, 9.17) is 0 Å². The number of rotatable bonds is 2. The zero-order valence-electron chi connectivity index (χ0n) is 9.49. The first-order valence-electron chi connectivity index (χ1n) is 5.18. The molecule has 1 N–H and O–H groups in total. The summed E-state index contributed by atoms with van der Waals surface area (Å²) < 4.78 is 37.6. The van der Waals surface area contributed by atoms with Gasteiger partial charge in [-0.3, -0.25) is 0 Å². The highest BCUT2D eigenvalue weighted by Crippen LogP contribution is 2.31. The molecule has 18 heavy (non-hydrogen) atoms.